The van der Waals surface area contributed by atoms with Crippen LogP contribution in [0.25, 0.3) is 0 Å². The number of benzene rings is 1. The van der Waals surface area contributed by atoms with E-state index in [9.17, 15) is 13.2 Å². The molecule has 1 aliphatic heterocycles. The maximum Gasteiger partial charge on any atom is 0.261 e. The van der Waals surface area contributed by atoms with Gasteiger partial charge in [-0.3, -0.25) is 4.79 Å². The fourth-order valence-electron chi connectivity index (χ4n) is 2.84. The Morgan fingerprint density at radius 2 is 1.91 bits per heavy atom. The Balaban J connectivity index is 1.64. The molecule has 23 heavy (non-hydrogen) atoms. The van der Waals surface area contributed by atoms with Gasteiger partial charge in [-0.15, -0.1) is 0 Å². The molecule has 8 heteroatoms. The van der Waals surface area contributed by atoms with Gasteiger partial charge in [0.2, 0.25) is 0 Å². The summed E-state index contributed by atoms with van der Waals surface area (Å²) >= 11 is 11.8. The summed E-state index contributed by atoms with van der Waals surface area (Å²) in [6.45, 7) is -0.134. The van der Waals surface area contributed by atoms with E-state index in [0.29, 0.717) is 22.2 Å². The van der Waals surface area contributed by atoms with Crippen LogP contribution in [0.2, 0.25) is 10.0 Å². The maximum atomic E-state index is 12.5. The lowest BCUT2D eigenvalue weighted by Crippen LogP contribution is -2.45. The zero-order valence-electron chi connectivity index (χ0n) is 12.4. The zero-order valence-corrected chi connectivity index (χ0v) is 14.7. The number of carbonyl (C=O) groups is 1. The number of sulfone groups is 1. The number of hydrogen-bond acceptors (Lipinski definition) is 4. The second kappa shape index (κ2) is 6.49. The van der Waals surface area contributed by atoms with Crippen LogP contribution >= 0.6 is 23.2 Å². The molecule has 5 nitrogen and oxygen atoms in total. The summed E-state index contributed by atoms with van der Waals surface area (Å²) in [6, 6.07) is 4.73. The summed E-state index contributed by atoms with van der Waals surface area (Å²) in [5.41, 5.74) is 0. The maximum absolute atomic E-state index is 12.5. The predicted molar refractivity (Wildman–Crippen MR) is 88.9 cm³/mol. The minimum atomic E-state index is -3.02. The topological polar surface area (TPSA) is 63.7 Å². The number of rotatable bonds is 5. The molecular weight excluding hydrogens is 361 g/mol. The van der Waals surface area contributed by atoms with Crippen LogP contribution in [0.4, 0.5) is 0 Å². The summed E-state index contributed by atoms with van der Waals surface area (Å²) in [5, 5.41) is 0.777. The van der Waals surface area contributed by atoms with Crippen LogP contribution in [0.3, 0.4) is 0 Å². The highest BCUT2D eigenvalue weighted by Gasteiger charge is 2.42. The highest BCUT2D eigenvalue weighted by Crippen LogP contribution is 2.32. The fourth-order valence-corrected chi connectivity index (χ4v) is 4.84. The quantitative estimate of drug-likeness (QED) is 0.790. The van der Waals surface area contributed by atoms with Crippen molar-refractivity contribution in [2.45, 2.75) is 31.3 Å². The summed E-state index contributed by atoms with van der Waals surface area (Å²) < 4.78 is 28.8. The molecule has 0 aromatic heterocycles. The largest absolute Gasteiger partial charge is 0.484 e. The first-order valence-corrected chi connectivity index (χ1v) is 10.0. The van der Waals surface area contributed by atoms with Gasteiger partial charge in [0.1, 0.15) is 5.75 Å². The Labute approximate surface area is 145 Å². The van der Waals surface area contributed by atoms with Crippen molar-refractivity contribution in [1.82, 2.24) is 4.90 Å². The van der Waals surface area contributed by atoms with Gasteiger partial charge in [-0.2, -0.15) is 0 Å². The van der Waals surface area contributed by atoms with Gasteiger partial charge in [-0.25, -0.2) is 8.42 Å². The number of halogens is 2. The molecule has 0 spiro atoms. The second-order valence-electron chi connectivity index (χ2n) is 5.95. The van der Waals surface area contributed by atoms with Crippen molar-refractivity contribution < 1.29 is 17.9 Å². The first kappa shape index (κ1) is 16.9. The molecule has 1 heterocycles. The van der Waals surface area contributed by atoms with Crippen LogP contribution in [0.1, 0.15) is 19.3 Å². The lowest BCUT2D eigenvalue weighted by Gasteiger charge is -2.28. The Morgan fingerprint density at radius 3 is 2.48 bits per heavy atom. The molecule has 2 fully saturated rings. The van der Waals surface area contributed by atoms with E-state index in [1.165, 1.54) is 0 Å². The minimum Gasteiger partial charge on any atom is -0.484 e. The zero-order chi connectivity index (χ0) is 16.6. The molecule has 2 aliphatic rings. The van der Waals surface area contributed by atoms with E-state index >= 15 is 0 Å². The highest BCUT2D eigenvalue weighted by atomic mass is 35.5. The average Bonchev–Trinajstić information content (AvgIpc) is 3.24. The van der Waals surface area contributed by atoms with Crippen molar-refractivity contribution in [1.29, 1.82) is 0 Å². The minimum absolute atomic E-state index is 0.0576. The summed E-state index contributed by atoms with van der Waals surface area (Å²) in [5.74, 6) is 0.493. The van der Waals surface area contributed by atoms with Gasteiger partial charge in [0.05, 0.1) is 21.6 Å². The molecule has 0 bridgehead atoms. The lowest BCUT2D eigenvalue weighted by atomic mass is 10.2. The first-order valence-electron chi connectivity index (χ1n) is 7.45. The van der Waals surface area contributed by atoms with Gasteiger partial charge in [0.15, 0.2) is 16.4 Å². The van der Waals surface area contributed by atoms with E-state index in [-0.39, 0.29) is 36.1 Å². The number of hydrogen-bond donors (Lipinski definition) is 0. The Hall–Kier alpha value is -0.980. The van der Waals surface area contributed by atoms with Crippen molar-refractivity contribution in [2.24, 2.45) is 0 Å². The van der Waals surface area contributed by atoms with Crippen LogP contribution in [-0.2, 0) is 14.6 Å². The number of ether oxygens (including phenoxy) is 1. The molecule has 1 saturated carbocycles. The molecule has 1 aromatic carbocycles. The molecule has 1 aromatic rings. The highest BCUT2D eigenvalue weighted by molar-refractivity contribution is 7.91. The Bertz CT molecular complexity index is 718. The van der Waals surface area contributed by atoms with Crippen molar-refractivity contribution in [3.05, 3.63) is 28.2 Å². The van der Waals surface area contributed by atoms with E-state index < -0.39 is 9.84 Å². The predicted octanol–water partition coefficient (Wildman–Crippen LogP) is 2.55. The van der Waals surface area contributed by atoms with Gasteiger partial charge in [0, 0.05) is 18.2 Å². The first-order chi connectivity index (χ1) is 10.9. The second-order valence-corrected chi connectivity index (χ2v) is 9.00. The lowest BCUT2D eigenvalue weighted by molar-refractivity contribution is -0.135. The third-order valence-electron chi connectivity index (χ3n) is 4.08. The number of nitrogens with zero attached hydrogens (tertiary/aromatic N) is 1. The third kappa shape index (κ3) is 4.11. The molecule has 1 amide bonds. The molecule has 0 radical (unpaired) electrons. The van der Waals surface area contributed by atoms with E-state index in [1.807, 2.05) is 0 Å². The van der Waals surface area contributed by atoms with Crippen LogP contribution < -0.4 is 4.74 Å². The van der Waals surface area contributed by atoms with Crippen LogP contribution in [0, 0.1) is 0 Å². The monoisotopic (exact) mass is 377 g/mol. The van der Waals surface area contributed by atoms with Crippen LogP contribution in [0.15, 0.2) is 18.2 Å². The van der Waals surface area contributed by atoms with E-state index in [4.69, 9.17) is 27.9 Å². The fraction of sp³-hybridized carbons (Fsp3) is 0.533. The van der Waals surface area contributed by atoms with Crippen LogP contribution in [-0.4, -0.2) is 49.4 Å². The Kier molecular flexibility index (Phi) is 4.76. The average molecular weight is 378 g/mol. The van der Waals surface area contributed by atoms with Gasteiger partial charge in [-0.1, -0.05) is 23.2 Å². The van der Waals surface area contributed by atoms with E-state index in [2.05, 4.69) is 0 Å². The van der Waals surface area contributed by atoms with E-state index in [0.717, 1.165) is 12.8 Å². The molecular formula is C15H17Cl2NO4S. The van der Waals surface area contributed by atoms with E-state index in [1.54, 1.807) is 23.1 Å². The molecule has 0 unspecified atom stereocenters. The number of amides is 1. The molecule has 1 atom stereocenters. The summed E-state index contributed by atoms with van der Waals surface area (Å²) in [7, 11) is -3.02. The number of carbonyl (C=O) groups excluding carboxylic acids is 1. The SMILES string of the molecule is O=C(COc1ccc(Cl)c(Cl)c1)N(C1CC1)[C@H]1CCS(=O)(=O)C1. The molecule has 126 valence electrons. The third-order valence-corrected chi connectivity index (χ3v) is 6.57. The summed E-state index contributed by atoms with van der Waals surface area (Å²) in [4.78, 5) is 14.2. The van der Waals surface area contributed by atoms with Crippen molar-refractivity contribution in [2.75, 3.05) is 18.1 Å². The van der Waals surface area contributed by atoms with Crippen molar-refractivity contribution in [3.8, 4) is 5.75 Å². The van der Waals surface area contributed by atoms with Gasteiger partial charge in [0.25, 0.3) is 5.91 Å². The normalized spacial score (nSPS) is 22.8. The molecule has 1 aliphatic carbocycles. The Morgan fingerprint density at radius 1 is 1.17 bits per heavy atom. The molecule has 1 saturated heterocycles. The summed E-state index contributed by atoms with van der Waals surface area (Å²) in [6.07, 6.45) is 2.36. The van der Waals surface area contributed by atoms with Crippen LogP contribution in [0.5, 0.6) is 5.75 Å². The van der Waals surface area contributed by atoms with Crippen molar-refractivity contribution >= 4 is 38.9 Å². The van der Waals surface area contributed by atoms with Gasteiger partial charge < -0.3 is 9.64 Å². The molecule has 3 rings (SSSR count). The van der Waals surface area contributed by atoms with Gasteiger partial charge >= 0.3 is 0 Å². The van der Waals surface area contributed by atoms with Crippen molar-refractivity contribution in [3.63, 3.8) is 0 Å². The molecule has 0 N–H and O–H groups in total. The van der Waals surface area contributed by atoms with Gasteiger partial charge in [-0.05, 0) is 31.4 Å². The smallest absolute Gasteiger partial charge is 0.261 e. The standard InChI is InChI=1S/C15H17Cl2NO4S/c16-13-4-3-12(7-14(13)17)22-8-15(19)18(10-1-2-10)11-5-6-23(20,21)9-11/h3-4,7,10-11H,1-2,5-6,8-9H2/t11-/m0/s1.